The summed E-state index contributed by atoms with van der Waals surface area (Å²) in [6.45, 7) is 0. The molecule has 0 bridgehead atoms. The molecule has 0 saturated carbocycles. The molecule has 0 aliphatic heterocycles. The Hall–Kier alpha value is -2.28. The first kappa shape index (κ1) is 21.9. The molecule has 0 unspecified atom stereocenters. The number of carbonyl (C=O) groups is 1. The Morgan fingerprint density at radius 2 is 1.58 bits per heavy atom. The summed E-state index contributed by atoms with van der Waals surface area (Å²) < 4.78 is 5.04. The third-order valence-corrected chi connectivity index (χ3v) is 6.54. The summed E-state index contributed by atoms with van der Waals surface area (Å²) in [7, 11) is 0. The predicted octanol–water partition coefficient (Wildman–Crippen LogP) is 8.81. The first-order valence-electron chi connectivity index (χ1n) is 8.73. The van der Waals surface area contributed by atoms with Crippen LogP contribution in [0, 0.1) is 0 Å². The number of carboxylic acid groups (broad SMARTS) is 1. The van der Waals surface area contributed by atoms with E-state index < -0.39 is 6.16 Å². The molecule has 31 heavy (non-hydrogen) atoms. The second kappa shape index (κ2) is 9.07. The van der Waals surface area contributed by atoms with Crippen LogP contribution in [0.3, 0.4) is 0 Å². The number of aromatic nitrogens is 1. The van der Waals surface area contributed by atoms with Gasteiger partial charge in [-0.05, 0) is 36.4 Å². The van der Waals surface area contributed by atoms with Crippen molar-refractivity contribution < 1.29 is 14.6 Å². The first-order chi connectivity index (χ1) is 14.8. The lowest BCUT2D eigenvalue weighted by molar-refractivity contribution is 0.144. The summed E-state index contributed by atoms with van der Waals surface area (Å²) in [5.41, 5.74) is 3.37. The van der Waals surface area contributed by atoms with Gasteiger partial charge in [0.1, 0.15) is 10.8 Å². The van der Waals surface area contributed by atoms with E-state index in [0.717, 1.165) is 11.3 Å². The van der Waals surface area contributed by atoms with Crippen LogP contribution in [0.15, 0.2) is 60.0 Å². The number of halogens is 4. The summed E-state index contributed by atoms with van der Waals surface area (Å²) >= 11 is 25.8. The number of nitrogens with zero attached hydrogens (tertiary/aromatic N) is 1. The van der Waals surface area contributed by atoms with Crippen molar-refractivity contribution in [2.75, 3.05) is 0 Å². The van der Waals surface area contributed by atoms with Crippen LogP contribution in [0.25, 0.3) is 33.0 Å². The fourth-order valence-electron chi connectivity index (χ4n) is 2.96. The van der Waals surface area contributed by atoms with Crippen LogP contribution in [0.4, 0.5) is 4.79 Å². The lowest BCUT2D eigenvalue weighted by Gasteiger charge is -2.11. The third-order valence-electron chi connectivity index (χ3n) is 4.37. The maximum atomic E-state index is 11.3. The molecule has 0 aliphatic rings. The van der Waals surface area contributed by atoms with Crippen LogP contribution in [0.5, 0.6) is 5.75 Å². The first-order valence-corrected chi connectivity index (χ1v) is 11.1. The van der Waals surface area contributed by atoms with Gasteiger partial charge in [0.25, 0.3) is 0 Å². The van der Waals surface area contributed by atoms with Gasteiger partial charge in [-0.2, -0.15) is 0 Å². The highest BCUT2D eigenvalue weighted by atomic mass is 35.5. The van der Waals surface area contributed by atoms with Gasteiger partial charge in [0, 0.05) is 32.7 Å². The minimum atomic E-state index is -1.43. The van der Waals surface area contributed by atoms with Crippen LogP contribution in [0.1, 0.15) is 0 Å². The van der Waals surface area contributed by atoms with Gasteiger partial charge in [-0.1, -0.05) is 64.6 Å². The van der Waals surface area contributed by atoms with Crippen molar-refractivity contribution in [2.24, 2.45) is 0 Å². The van der Waals surface area contributed by atoms with Gasteiger partial charge in [-0.3, -0.25) is 0 Å². The molecule has 0 spiro atoms. The lowest BCUT2D eigenvalue weighted by atomic mass is 10.0. The van der Waals surface area contributed by atoms with E-state index in [1.807, 2.05) is 17.5 Å². The second-order valence-corrected chi connectivity index (χ2v) is 8.89. The molecule has 0 aliphatic carbocycles. The second-order valence-electron chi connectivity index (χ2n) is 6.37. The summed E-state index contributed by atoms with van der Waals surface area (Å²) in [5.74, 6) is 0.139. The summed E-state index contributed by atoms with van der Waals surface area (Å²) in [4.78, 5) is 15.9. The summed E-state index contributed by atoms with van der Waals surface area (Å²) in [6, 6.07) is 15.4. The number of benzene rings is 3. The van der Waals surface area contributed by atoms with Crippen LogP contribution in [0.2, 0.25) is 20.1 Å². The van der Waals surface area contributed by atoms with Crippen LogP contribution >= 0.6 is 57.7 Å². The SMILES string of the molecule is O=C(O)Oc1cc(-c2nc(-c3ccc(Cl)c(Cl)c3)cs2)ccc1-c1ccc(Cl)cc1Cl. The minimum Gasteiger partial charge on any atom is -0.449 e. The normalized spacial score (nSPS) is 10.8. The smallest absolute Gasteiger partial charge is 0.449 e. The van der Waals surface area contributed by atoms with Crippen molar-refractivity contribution in [2.45, 2.75) is 0 Å². The van der Waals surface area contributed by atoms with E-state index in [4.69, 9.17) is 51.1 Å². The molecule has 0 fully saturated rings. The average Bonchev–Trinajstić information content (AvgIpc) is 3.20. The molecule has 3 aromatic carbocycles. The van der Waals surface area contributed by atoms with E-state index in [9.17, 15) is 9.90 Å². The summed E-state index contributed by atoms with van der Waals surface area (Å²) in [5, 5.41) is 13.5. The van der Waals surface area contributed by atoms with Crippen molar-refractivity contribution in [1.82, 2.24) is 4.98 Å². The quantitative estimate of drug-likeness (QED) is 0.220. The molecule has 0 atom stereocenters. The van der Waals surface area contributed by atoms with Gasteiger partial charge in [0.15, 0.2) is 0 Å². The van der Waals surface area contributed by atoms with E-state index >= 15 is 0 Å². The van der Waals surface area contributed by atoms with Crippen LogP contribution < -0.4 is 4.74 Å². The molecule has 0 saturated heterocycles. The highest BCUT2D eigenvalue weighted by Crippen LogP contribution is 2.40. The molecule has 1 heterocycles. The van der Waals surface area contributed by atoms with E-state index in [-0.39, 0.29) is 5.75 Å². The van der Waals surface area contributed by atoms with E-state index in [1.165, 1.54) is 11.3 Å². The van der Waals surface area contributed by atoms with Crippen LogP contribution in [-0.4, -0.2) is 16.2 Å². The maximum Gasteiger partial charge on any atom is 0.511 e. The number of thiazole rings is 1. The molecule has 0 amide bonds. The number of hydrogen-bond acceptors (Lipinski definition) is 4. The Balaban J connectivity index is 1.75. The Bertz CT molecular complexity index is 1310. The molecule has 4 aromatic rings. The predicted molar refractivity (Wildman–Crippen MR) is 127 cm³/mol. The average molecular weight is 511 g/mol. The topological polar surface area (TPSA) is 59.4 Å². The van der Waals surface area contributed by atoms with Crippen molar-refractivity contribution in [1.29, 1.82) is 0 Å². The van der Waals surface area contributed by atoms with Gasteiger partial charge >= 0.3 is 6.16 Å². The Morgan fingerprint density at radius 1 is 0.839 bits per heavy atom. The van der Waals surface area contributed by atoms with Crippen molar-refractivity contribution in [3.63, 3.8) is 0 Å². The van der Waals surface area contributed by atoms with Crippen LogP contribution in [-0.2, 0) is 0 Å². The fourth-order valence-corrected chi connectivity index (χ4v) is 4.59. The van der Waals surface area contributed by atoms with Gasteiger partial charge in [0.2, 0.25) is 0 Å². The Kier molecular flexibility index (Phi) is 6.42. The molecular weight excluding hydrogens is 500 g/mol. The van der Waals surface area contributed by atoms with E-state index in [1.54, 1.807) is 42.5 Å². The largest absolute Gasteiger partial charge is 0.511 e. The monoisotopic (exact) mass is 509 g/mol. The molecule has 4 rings (SSSR count). The molecular formula is C22H11Cl4NO3S. The minimum absolute atomic E-state index is 0.139. The highest BCUT2D eigenvalue weighted by Gasteiger charge is 2.16. The molecule has 1 aromatic heterocycles. The highest BCUT2D eigenvalue weighted by molar-refractivity contribution is 7.13. The number of hydrogen-bond donors (Lipinski definition) is 1. The fraction of sp³-hybridized carbons (Fsp3) is 0. The summed E-state index contributed by atoms with van der Waals surface area (Å²) in [6.07, 6.45) is -1.43. The van der Waals surface area contributed by atoms with E-state index in [2.05, 4.69) is 4.98 Å². The molecule has 0 radical (unpaired) electrons. The van der Waals surface area contributed by atoms with Crippen molar-refractivity contribution in [3.8, 4) is 38.7 Å². The Morgan fingerprint density at radius 3 is 2.29 bits per heavy atom. The van der Waals surface area contributed by atoms with Crippen molar-refractivity contribution >= 4 is 63.9 Å². The lowest BCUT2D eigenvalue weighted by Crippen LogP contribution is -2.04. The van der Waals surface area contributed by atoms with Gasteiger partial charge in [-0.15, -0.1) is 11.3 Å². The standard InChI is InChI=1S/C22H11Cl4NO3S/c23-13-3-5-14(17(25)9-13)15-4-1-12(8-20(15)30-22(28)29)21-27-19(10-31-21)11-2-6-16(24)18(26)7-11/h1-10H,(H,28,29). The zero-order valence-electron chi connectivity index (χ0n) is 15.4. The number of rotatable bonds is 4. The molecule has 4 nitrogen and oxygen atoms in total. The van der Waals surface area contributed by atoms with Gasteiger partial charge in [0.05, 0.1) is 20.8 Å². The van der Waals surface area contributed by atoms with Gasteiger partial charge < -0.3 is 9.84 Å². The zero-order chi connectivity index (χ0) is 22.1. The zero-order valence-corrected chi connectivity index (χ0v) is 19.2. The maximum absolute atomic E-state index is 11.3. The number of ether oxygens (including phenoxy) is 1. The van der Waals surface area contributed by atoms with Crippen molar-refractivity contribution in [3.05, 3.63) is 80.1 Å². The van der Waals surface area contributed by atoms with Gasteiger partial charge in [-0.25, -0.2) is 9.78 Å². The molecule has 1 N–H and O–H groups in total. The Labute approximate surface area is 201 Å². The molecule has 156 valence electrons. The van der Waals surface area contributed by atoms with E-state index in [0.29, 0.717) is 41.8 Å². The molecule has 9 heteroatoms. The third kappa shape index (κ3) is 4.81.